The lowest BCUT2D eigenvalue weighted by molar-refractivity contribution is -0.125. The number of ether oxygens (including phenoxy) is 1. The van der Waals surface area contributed by atoms with E-state index in [4.69, 9.17) is 16.3 Å². The molecule has 1 aromatic heterocycles. The fourth-order valence-electron chi connectivity index (χ4n) is 5.08. The number of methoxy groups -OCH3 is 1. The van der Waals surface area contributed by atoms with Crippen LogP contribution >= 0.6 is 22.9 Å². The first kappa shape index (κ1) is 22.1. The summed E-state index contributed by atoms with van der Waals surface area (Å²) < 4.78 is 5.62. The number of rotatable bonds is 6. The summed E-state index contributed by atoms with van der Waals surface area (Å²) in [5.74, 6) is 0.827. The summed E-state index contributed by atoms with van der Waals surface area (Å²) in [6.07, 6.45) is 1.62. The number of fused-ring (bicyclic) bond motifs is 3. The average Bonchev–Trinajstić information content (AvgIpc) is 3.36. The predicted octanol–water partition coefficient (Wildman–Crippen LogP) is 4.64. The third kappa shape index (κ3) is 4.55. The average molecular weight is 482 g/mol. The van der Waals surface area contributed by atoms with Gasteiger partial charge in [0.2, 0.25) is 5.91 Å². The van der Waals surface area contributed by atoms with Crippen LogP contribution in [0, 0.1) is 5.92 Å². The Bertz CT molecular complexity index is 1120. The zero-order valence-corrected chi connectivity index (χ0v) is 20.2. The van der Waals surface area contributed by atoms with Gasteiger partial charge in [0.15, 0.2) is 0 Å². The summed E-state index contributed by atoms with van der Waals surface area (Å²) in [4.78, 5) is 19.4. The molecule has 2 aromatic carbocycles. The second kappa shape index (κ2) is 9.65. The fraction of sp³-hybridized carbons (Fsp3) is 0.346. The number of carbonyl (C=O) groups excluding carboxylic acids is 1. The number of carbonyl (C=O) groups is 1. The third-order valence-corrected chi connectivity index (χ3v) is 7.86. The summed E-state index contributed by atoms with van der Waals surface area (Å²) in [5, 5.41) is 5.98. The zero-order valence-electron chi connectivity index (χ0n) is 18.7. The van der Waals surface area contributed by atoms with E-state index < -0.39 is 0 Å². The molecule has 1 amide bonds. The highest BCUT2D eigenvalue weighted by atomic mass is 35.5. The number of halogens is 1. The van der Waals surface area contributed by atoms with Gasteiger partial charge in [-0.25, -0.2) is 0 Å². The molecular weight excluding hydrogens is 454 g/mol. The lowest BCUT2D eigenvalue weighted by Crippen LogP contribution is -2.61. The van der Waals surface area contributed by atoms with Crippen LogP contribution in [0.15, 0.2) is 60.0 Å². The number of nitrogens with zero attached hydrogens (tertiary/aromatic N) is 2. The first-order valence-electron chi connectivity index (χ1n) is 11.4. The van der Waals surface area contributed by atoms with E-state index in [2.05, 4.69) is 56.9 Å². The number of hydrogen-bond acceptors (Lipinski definition) is 5. The molecule has 0 radical (unpaired) electrons. The van der Waals surface area contributed by atoms with Crippen LogP contribution in [-0.4, -0.2) is 45.2 Å². The van der Waals surface area contributed by atoms with Gasteiger partial charge in [0, 0.05) is 41.8 Å². The van der Waals surface area contributed by atoms with Gasteiger partial charge >= 0.3 is 0 Å². The van der Waals surface area contributed by atoms with Gasteiger partial charge in [-0.05, 0) is 54.1 Å². The molecule has 3 aromatic rings. The standard InChI is InChI=1S/C26H28ClN3O2S/c1-32-25-9-8-19(27)16-23(25)29-12-13-30-22-7-3-2-5-18(22)15-21(24(30)17-29)26(31)28-11-10-20-6-4-14-33-20/h2-9,14,16,21,24H,10-13,15,17H2,1H3,(H,28,31). The minimum atomic E-state index is -0.115. The Kier molecular flexibility index (Phi) is 6.47. The lowest BCUT2D eigenvalue weighted by Gasteiger charge is -2.49. The Hall–Kier alpha value is -2.70. The first-order chi connectivity index (χ1) is 16.1. The molecule has 0 aliphatic carbocycles. The van der Waals surface area contributed by atoms with Crippen LogP contribution in [0.2, 0.25) is 5.02 Å². The number of thiophene rings is 1. The van der Waals surface area contributed by atoms with Gasteiger partial charge in [0.1, 0.15) is 5.75 Å². The molecule has 0 spiro atoms. The van der Waals surface area contributed by atoms with Gasteiger partial charge in [-0.1, -0.05) is 35.9 Å². The van der Waals surface area contributed by atoms with Gasteiger partial charge in [-0.3, -0.25) is 4.79 Å². The predicted molar refractivity (Wildman–Crippen MR) is 136 cm³/mol. The summed E-state index contributed by atoms with van der Waals surface area (Å²) >= 11 is 8.05. The maximum atomic E-state index is 13.4. The fourth-order valence-corrected chi connectivity index (χ4v) is 5.96. The van der Waals surface area contributed by atoms with E-state index in [1.165, 1.54) is 16.1 Å². The van der Waals surface area contributed by atoms with Crippen LogP contribution in [0.1, 0.15) is 10.4 Å². The third-order valence-electron chi connectivity index (χ3n) is 6.69. The number of anilines is 2. The number of nitrogens with one attached hydrogen (secondary N) is 1. The van der Waals surface area contributed by atoms with Crippen molar-refractivity contribution < 1.29 is 9.53 Å². The topological polar surface area (TPSA) is 44.8 Å². The van der Waals surface area contributed by atoms with E-state index in [9.17, 15) is 4.79 Å². The molecule has 1 fully saturated rings. The molecular formula is C26H28ClN3O2S. The lowest BCUT2D eigenvalue weighted by atomic mass is 9.83. The van der Waals surface area contributed by atoms with Gasteiger partial charge in [-0.2, -0.15) is 0 Å². The maximum Gasteiger partial charge on any atom is 0.225 e. The molecule has 172 valence electrons. The van der Waals surface area contributed by atoms with Crippen LogP contribution in [0.25, 0.3) is 0 Å². The van der Waals surface area contributed by atoms with E-state index in [1.807, 2.05) is 18.2 Å². The van der Waals surface area contributed by atoms with Crippen molar-refractivity contribution in [1.82, 2.24) is 5.32 Å². The molecule has 0 saturated carbocycles. The normalized spacial score (nSPS) is 19.6. The summed E-state index contributed by atoms with van der Waals surface area (Å²) in [5.41, 5.74) is 3.49. The molecule has 5 nitrogen and oxygen atoms in total. The Labute approximate surface area is 203 Å². The minimum absolute atomic E-state index is 0.0825. The smallest absolute Gasteiger partial charge is 0.225 e. The van der Waals surface area contributed by atoms with E-state index >= 15 is 0 Å². The van der Waals surface area contributed by atoms with E-state index in [0.717, 1.165) is 43.9 Å². The molecule has 33 heavy (non-hydrogen) atoms. The summed E-state index contributed by atoms with van der Waals surface area (Å²) in [6.45, 7) is 3.09. The molecule has 2 unspecified atom stereocenters. The highest BCUT2D eigenvalue weighted by Crippen LogP contribution is 2.39. The molecule has 3 heterocycles. The van der Waals surface area contributed by atoms with E-state index in [-0.39, 0.29) is 17.9 Å². The molecule has 2 atom stereocenters. The second-order valence-electron chi connectivity index (χ2n) is 8.58. The van der Waals surface area contributed by atoms with Gasteiger partial charge < -0.3 is 19.9 Å². The van der Waals surface area contributed by atoms with Gasteiger partial charge in [-0.15, -0.1) is 11.3 Å². The maximum absolute atomic E-state index is 13.4. The van der Waals surface area contributed by atoms with Crippen LogP contribution in [-0.2, 0) is 17.6 Å². The van der Waals surface area contributed by atoms with Crippen molar-refractivity contribution in [2.24, 2.45) is 5.92 Å². The molecule has 2 aliphatic rings. The van der Waals surface area contributed by atoms with Crippen LogP contribution in [0.4, 0.5) is 11.4 Å². The van der Waals surface area contributed by atoms with Crippen LogP contribution in [0.5, 0.6) is 5.75 Å². The SMILES string of the molecule is COc1ccc(Cl)cc1N1CCN2c3ccccc3CC(C(=O)NCCc3cccs3)C2C1. The molecule has 7 heteroatoms. The number of piperazine rings is 1. The quantitative estimate of drug-likeness (QED) is 0.557. The Morgan fingerprint density at radius 3 is 2.85 bits per heavy atom. The van der Waals surface area contributed by atoms with Gasteiger partial charge in [0.05, 0.1) is 24.8 Å². The Morgan fingerprint density at radius 1 is 1.15 bits per heavy atom. The van der Waals surface area contributed by atoms with Crippen LogP contribution < -0.4 is 19.9 Å². The summed E-state index contributed by atoms with van der Waals surface area (Å²) in [7, 11) is 1.68. The van der Waals surface area contributed by atoms with Gasteiger partial charge in [0.25, 0.3) is 0 Å². The number of benzene rings is 2. The van der Waals surface area contributed by atoms with Crippen molar-refractivity contribution in [1.29, 1.82) is 0 Å². The highest BCUT2D eigenvalue weighted by molar-refractivity contribution is 7.09. The largest absolute Gasteiger partial charge is 0.495 e. The van der Waals surface area contributed by atoms with E-state index in [1.54, 1.807) is 18.4 Å². The van der Waals surface area contributed by atoms with Crippen molar-refractivity contribution >= 4 is 40.2 Å². The molecule has 2 aliphatic heterocycles. The summed E-state index contributed by atoms with van der Waals surface area (Å²) in [6, 6.07) is 18.5. The van der Waals surface area contributed by atoms with Crippen molar-refractivity contribution in [3.8, 4) is 5.75 Å². The molecule has 1 N–H and O–H groups in total. The van der Waals surface area contributed by atoms with Crippen molar-refractivity contribution in [2.75, 3.05) is 43.1 Å². The number of hydrogen-bond donors (Lipinski definition) is 1. The molecule has 1 saturated heterocycles. The van der Waals surface area contributed by atoms with Crippen LogP contribution in [0.3, 0.4) is 0 Å². The van der Waals surface area contributed by atoms with Crippen molar-refractivity contribution in [3.05, 3.63) is 75.4 Å². The first-order valence-corrected chi connectivity index (χ1v) is 12.6. The van der Waals surface area contributed by atoms with Crippen molar-refractivity contribution in [3.63, 3.8) is 0 Å². The second-order valence-corrected chi connectivity index (χ2v) is 10.1. The number of para-hydroxylation sites is 1. The monoisotopic (exact) mass is 481 g/mol. The Balaban J connectivity index is 1.39. The minimum Gasteiger partial charge on any atom is -0.495 e. The Morgan fingerprint density at radius 2 is 2.03 bits per heavy atom. The molecule has 0 bridgehead atoms. The van der Waals surface area contributed by atoms with Crippen molar-refractivity contribution in [2.45, 2.75) is 18.9 Å². The highest BCUT2D eigenvalue weighted by Gasteiger charge is 2.41. The number of amides is 1. The zero-order chi connectivity index (χ0) is 22.8. The molecule has 5 rings (SSSR count). The van der Waals surface area contributed by atoms with E-state index in [0.29, 0.717) is 11.6 Å².